The second-order valence-electron chi connectivity index (χ2n) is 4.64. The molecule has 0 saturated carbocycles. The first-order valence-electron chi connectivity index (χ1n) is 5.06. The lowest BCUT2D eigenvalue weighted by Gasteiger charge is -2.17. The molecule has 80 valence electrons. The number of aromatic amines is 1. The van der Waals surface area contributed by atoms with Crippen LogP contribution in [0.4, 0.5) is 5.82 Å². The van der Waals surface area contributed by atoms with Crippen molar-refractivity contribution in [3.63, 3.8) is 0 Å². The van der Waals surface area contributed by atoms with Gasteiger partial charge in [-0.05, 0) is 6.07 Å². The van der Waals surface area contributed by atoms with Crippen molar-refractivity contribution in [1.29, 1.82) is 0 Å². The fourth-order valence-corrected chi connectivity index (χ4v) is 1.47. The Morgan fingerprint density at radius 1 is 1.27 bits per heavy atom. The maximum Gasteiger partial charge on any atom is 0.143 e. The molecule has 0 saturated heterocycles. The number of H-pyrrole nitrogens is 1. The van der Waals surface area contributed by atoms with Crippen LogP contribution in [-0.4, -0.2) is 22.0 Å². The van der Waals surface area contributed by atoms with Gasteiger partial charge in [0, 0.05) is 18.7 Å². The molecule has 0 aliphatic carbocycles. The highest BCUT2D eigenvalue weighted by atomic mass is 15.0. The molecule has 2 N–H and O–H groups in total. The van der Waals surface area contributed by atoms with Gasteiger partial charge in [0.15, 0.2) is 0 Å². The van der Waals surface area contributed by atoms with E-state index in [9.17, 15) is 0 Å². The monoisotopic (exact) mass is 204 g/mol. The van der Waals surface area contributed by atoms with E-state index in [0.717, 1.165) is 22.7 Å². The van der Waals surface area contributed by atoms with Crippen molar-refractivity contribution >= 4 is 16.9 Å². The molecule has 4 heteroatoms. The van der Waals surface area contributed by atoms with Crippen LogP contribution in [0, 0.1) is 0 Å². The Morgan fingerprint density at radius 3 is 2.60 bits per heavy atom. The Morgan fingerprint density at radius 2 is 2.00 bits per heavy atom. The molecular formula is C11H16N4. The number of anilines is 1. The van der Waals surface area contributed by atoms with Crippen LogP contribution in [0.15, 0.2) is 12.3 Å². The minimum Gasteiger partial charge on any atom is -0.372 e. The van der Waals surface area contributed by atoms with Crippen LogP contribution in [0.1, 0.15) is 26.6 Å². The summed E-state index contributed by atoms with van der Waals surface area (Å²) >= 11 is 0. The van der Waals surface area contributed by atoms with Gasteiger partial charge in [0.05, 0.1) is 5.39 Å². The predicted octanol–water partition coefficient (Wildman–Crippen LogP) is 2.30. The standard InChI is InChI=1S/C11H16N4/c1-11(2,3)10-14-8(12-4)7-5-6-13-9(7)15-10/h5-6H,1-4H3,(H2,12,13,14,15). The van der Waals surface area contributed by atoms with Crippen molar-refractivity contribution in [2.45, 2.75) is 26.2 Å². The molecule has 0 radical (unpaired) electrons. The van der Waals surface area contributed by atoms with Gasteiger partial charge < -0.3 is 10.3 Å². The molecule has 2 rings (SSSR count). The van der Waals surface area contributed by atoms with E-state index >= 15 is 0 Å². The minimum absolute atomic E-state index is 0.0368. The lowest BCUT2D eigenvalue weighted by atomic mass is 9.95. The molecule has 0 aromatic carbocycles. The van der Waals surface area contributed by atoms with Gasteiger partial charge in [0.25, 0.3) is 0 Å². The third-order valence-corrected chi connectivity index (χ3v) is 2.32. The highest BCUT2D eigenvalue weighted by Gasteiger charge is 2.19. The SMILES string of the molecule is CNc1nc(C(C)(C)C)nc2[nH]ccc12. The number of fused-ring (bicyclic) bond motifs is 1. The van der Waals surface area contributed by atoms with Gasteiger partial charge in [-0.15, -0.1) is 0 Å². The average molecular weight is 204 g/mol. The largest absolute Gasteiger partial charge is 0.372 e. The Hall–Kier alpha value is -1.58. The lowest BCUT2D eigenvalue weighted by molar-refractivity contribution is 0.549. The number of rotatable bonds is 1. The zero-order valence-corrected chi connectivity index (χ0v) is 9.55. The number of nitrogens with zero attached hydrogens (tertiary/aromatic N) is 2. The molecule has 2 aromatic heterocycles. The van der Waals surface area contributed by atoms with Crippen LogP contribution in [0.5, 0.6) is 0 Å². The van der Waals surface area contributed by atoms with E-state index in [-0.39, 0.29) is 5.41 Å². The molecule has 0 unspecified atom stereocenters. The Kier molecular flexibility index (Phi) is 2.14. The minimum atomic E-state index is -0.0368. The van der Waals surface area contributed by atoms with Crippen molar-refractivity contribution in [1.82, 2.24) is 15.0 Å². The van der Waals surface area contributed by atoms with Gasteiger partial charge in [-0.1, -0.05) is 20.8 Å². The zero-order chi connectivity index (χ0) is 11.1. The molecule has 15 heavy (non-hydrogen) atoms. The zero-order valence-electron chi connectivity index (χ0n) is 9.55. The summed E-state index contributed by atoms with van der Waals surface area (Å²) in [5.41, 5.74) is 0.851. The summed E-state index contributed by atoms with van der Waals surface area (Å²) in [7, 11) is 1.88. The molecule has 0 aliphatic rings. The summed E-state index contributed by atoms with van der Waals surface area (Å²) in [6.45, 7) is 6.32. The van der Waals surface area contributed by atoms with Crippen molar-refractivity contribution in [2.24, 2.45) is 0 Å². The molecule has 0 fully saturated rings. The summed E-state index contributed by atoms with van der Waals surface area (Å²) in [5, 5.41) is 4.13. The first kappa shape index (κ1) is 9.96. The highest BCUT2D eigenvalue weighted by Crippen LogP contribution is 2.24. The van der Waals surface area contributed by atoms with E-state index in [1.165, 1.54) is 0 Å². The number of hydrogen-bond acceptors (Lipinski definition) is 3. The molecule has 0 bridgehead atoms. The van der Waals surface area contributed by atoms with Crippen LogP contribution in [0.25, 0.3) is 11.0 Å². The van der Waals surface area contributed by atoms with E-state index in [0.29, 0.717) is 0 Å². The van der Waals surface area contributed by atoms with E-state index in [4.69, 9.17) is 0 Å². The fraction of sp³-hybridized carbons (Fsp3) is 0.455. The van der Waals surface area contributed by atoms with Crippen molar-refractivity contribution in [3.05, 3.63) is 18.1 Å². The van der Waals surface area contributed by atoms with Crippen LogP contribution < -0.4 is 5.32 Å². The first-order valence-corrected chi connectivity index (χ1v) is 5.06. The number of aromatic nitrogens is 3. The summed E-state index contributed by atoms with van der Waals surface area (Å²) in [6, 6.07) is 1.98. The van der Waals surface area contributed by atoms with Crippen LogP contribution in [0.2, 0.25) is 0 Å². The van der Waals surface area contributed by atoms with E-state index < -0.39 is 0 Å². The van der Waals surface area contributed by atoms with Gasteiger partial charge >= 0.3 is 0 Å². The molecule has 4 nitrogen and oxygen atoms in total. The van der Waals surface area contributed by atoms with Crippen LogP contribution >= 0.6 is 0 Å². The van der Waals surface area contributed by atoms with Gasteiger partial charge in [-0.3, -0.25) is 0 Å². The van der Waals surface area contributed by atoms with E-state index in [2.05, 4.69) is 41.0 Å². The van der Waals surface area contributed by atoms with E-state index in [1.807, 2.05) is 19.3 Å². The first-order chi connectivity index (χ1) is 7.02. The maximum absolute atomic E-state index is 4.52. The molecular weight excluding hydrogens is 188 g/mol. The molecule has 0 atom stereocenters. The normalized spacial score (nSPS) is 12.0. The smallest absolute Gasteiger partial charge is 0.143 e. The summed E-state index contributed by atoms with van der Waals surface area (Å²) in [5.74, 6) is 1.73. The Bertz CT molecular complexity index is 479. The van der Waals surface area contributed by atoms with Gasteiger partial charge in [-0.25, -0.2) is 9.97 Å². The average Bonchev–Trinajstić information content (AvgIpc) is 2.62. The quantitative estimate of drug-likeness (QED) is 0.749. The van der Waals surface area contributed by atoms with Gasteiger partial charge in [0.2, 0.25) is 0 Å². The molecule has 0 amide bonds. The van der Waals surface area contributed by atoms with Gasteiger partial charge in [-0.2, -0.15) is 0 Å². The topological polar surface area (TPSA) is 53.6 Å². The van der Waals surface area contributed by atoms with Crippen molar-refractivity contribution in [3.8, 4) is 0 Å². The third kappa shape index (κ3) is 1.67. The number of hydrogen-bond donors (Lipinski definition) is 2. The second kappa shape index (κ2) is 3.22. The van der Waals surface area contributed by atoms with Crippen molar-refractivity contribution < 1.29 is 0 Å². The van der Waals surface area contributed by atoms with E-state index in [1.54, 1.807) is 0 Å². The predicted molar refractivity (Wildman–Crippen MR) is 62.1 cm³/mol. The summed E-state index contributed by atoms with van der Waals surface area (Å²) in [6.07, 6.45) is 1.88. The van der Waals surface area contributed by atoms with Crippen LogP contribution in [-0.2, 0) is 5.41 Å². The van der Waals surface area contributed by atoms with Crippen LogP contribution in [0.3, 0.4) is 0 Å². The second-order valence-corrected chi connectivity index (χ2v) is 4.64. The lowest BCUT2D eigenvalue weighted by Crippen LogP contribution is -2.17. The Labute approximate surface area is 89.1 Å². The summed E-state index contributed by atoms with van der Waals surface area (Å²) < 4.78 is 0. The fourth-order valence-electron chi connectivity index (χ4n) is 1.47. The maximum atomic E-state index is 4.52. The molecule has 0 aliphatic heterocycles. The molecule has 0 spiro atoms. The van der Waals surface area contributed by atoms with Gasteiger partial charge in [0.1, 0.15) is 17.3 Å². The highest BCUT2D eigenvalue weighted by molar-refractivity contribution is 5.86. The number of nitrogens with one attached hydrogen (secondary N) is 2. The molecule has 2 heterocycles. The molecule has 2 aromatic rings. The summed E-state index contributed by atoms with van der Waals surface area (Å²) in [4.78, 5) is 12.1. The van der Waals surface area contributed by atoms with Crippen molar-refractivity contribution in [2.75, 3.05) is 12.4 Å². The Balaban J connectivity index is 2.69. The third-order valence-electron chi connectivity index (χ3n) is 2.32.